The zero-order valence-electron chi connectivity index (χ0n) is 7.40. The molecule has 0 saturated carbocycles. The molecule has 0 aliphatic carbocycles. The quantitative estimate of drug-likeness (QED) is 0.333. The lowest BCUT2D eigenvalue weighted by atomic mass is 9.72. The van der Waals surface area contributed by atoms with Gasteiger partial charge in [0, 0.05) is 6.11 Å². The average Bonchev–Trinajstić information content (AvgIpc) is 2.07. The fourth-order valence-electron chi connectivity index (χ4n) is 0.742. The van der Waals surface area contributed by atoms with Crippen LogP contribution in [0.25, 0.3) is 0 Å². The zero-order chi connectivity index (χ0) is 7.94. The predicted molar refractivity (Wildman–Crippen MR) is 54.6 cm³/mol. The molecule has 1 aromatic carbocycles. The number of nitrogens with zero attached hydrogens (tertiary/aromatic N) is 1. The average molecular weight is 182 g/mol. The summed E-state index contributed by atoms with van der Waals surface area (Å²) < 4.78 is 0. The molecule has 0 spiro atoms. The van der Waals surface area contributed by atoms with Gasteiger partial charge in [-0.3, -0.25) is 0 Å². The third-order valence-electron chi connectivity index (χ3n) is 1.23. The molecule has 0 amide bonds. The largest absolute Gasteiger partial charge is 0.412 e. The predicted octanol–water partition coefficient (Wildman–Crippen LogP) is -1.04. The molecule has 0 aromatic heterocycles. The lowest BCUT2D eigenvalue weighted by Crippen LogP contribution is -2.14. The molecule has 5 heteroatoms. The van der Waals surface area contributed by atoms with Crippen molar-refractivity contribution in [1.29, 1.82) is 0 Å². The highest BCUT2D eigenvalue weighted by molar-refractivity contribution is 6.79. The van der Waals surface area contributed by atoms with Crippen LogP contribution in [0.4, 0.5) is 0 Å². The lowest BCUT2D eigenvalue weighted by molar-refractivity contribution is 0.216. The minimum absolute atomic E-state index is 0. The van der Waals surface area contributed by atoms with E-state index in [-0.39, 0.29) is 11.0 Å². The molecule has 0 saturated heterocycles. The SMILES string of the molecule is CON=C[B]c1ccccc1.O.O. The van der Waals surface area contributed by atoms with Gasteiger partial charge in [0.25, 0.3) is 0 Å². The first kappa shape index (κ1) is 14.2. The van der Waals surface area contributed by atoms with Gasteiger partial charge < -0.3 is 15.8 Å². The van der Waals surface area contributed by atoms with E-state index in [0.29, 0.717) is 0 Å². The first-order valence-electron chi connectivity index (χ1n) is 3.38. The van der Waals surface area contributed by atoms with Crippen molar-refractivity contribution < 1.29 is 15.8 Å². The van der Waals surface area contributed by atoms with E-state index in [1.54, 1.807) is 6.11 Å². The Morgan fingerprint density at radius 2 is 1.85 bits per heavy atom. The molecule has 1 aromatic rings. The van der Waals surface area contributed by atoms with E-state index in [2.05, 4.69) is 9.99 Å². The minimum Gasteiger partial charge on any atom is -0.412 e. The van der Waals surface area contributed by atoms with E-state index >= 15 is 0 Å². The first-order chi connectivity index (χ1) is 5.43. The second-order valence-electron chi connectivity index (χ2n) is 2.01. The lowest BCUT2D eigenvalue weighted by Gasteiger charge is -1.90. The van der Waals surface area contributed by atoms with Crippen molar-refractivity contribution in [2.75, 3.05) is 7.11 Å². The van der Waals surface area contributed by atoms with Crippen LogP contribution in [0.15, 0.2) is 35.5 Å². The van der Waals surface area contributed by atoms with E-state index < -0.39 is 0 Å². The molecule has 4 N–H and O–H groups in total. The highest BCUT2D eigenvalue weighted by Gasteiger charge is 1.88. The van der Waals surface area contributed by atoms with Crippen molar-refractivity contribution >= 4 is 18.9 Å². The Labute approximate surface area is 78.1 Å². The van der Waals surface area contributed by atoms with Crippen LogP contribution in [0, 0.1) is 0 Å². The van der Waals surface area contributed by atoms with Crippen molar-refractivity contribution in [2.24, 2.45) is 5.16 Å². The Hall–Kier alpha value is -1.33. The molecule has 0 aliphatic heterocycles. The van der Waals surface area contributed by atoms with E-state index in [9.17, 15) is 0 Å². The van der Waals surface area contributed by atoms with Crippen LogP contribution in [0.3, 0.4) is 0 Å². The molecule has 0 atom stereocenters. The Balaban J connectivity index is 0. The molecular weight excluding hydrogens is 169 g/mol. The summed E-state index contributed by atoms with van der Waals surface area (Å²) in [6.45, 7) is 0. The van der Waals surface area contributed by atoms with Gasteiger partial charge in [-0.1, -0.05) is 35.8 Å². The number of benzene rings is 1. The van der Waals surface area contributed by atoms with Gasteiger partial charge >= 0.3 is 0 Å². The second kappa shape index (κ2) is 8.77. The van der Waals surface area contributed by atoms with Crippen molar-refractivity contribution in [3.8, 4) is 0 Å². The van der Waals surface area contributed by atoms with Crippen molar-refractivity contribution in [3.05, 3.63) is 30.3 Å². The Morgan fingerprint density at radius 3 is 2.38 bits per heavy atom. The van der Waals surface area contributed by atoms with Gasteiger partial charge in [-0.25, -0.2) is 0 Å². The van der Waals surface area contributed by atoms with Crippen molar-refractivity contribution in [1.82, 2.24) is 0 Å². The van der Waals surface area contributed by atoms with Crippen LogP contribution in [0.2, 0.25) is 0 Å². The Morgan fingerprint density at radius 1 is 1.23 bits per heavy atom. The molecule has 1 rings (SSSR count). The normalized spacial score (nSPS) is 8.38. The van der Waals surface area contributed by atoms with Crippen LogP contribution < -0.4 is 5.46 Å². The summed E-state index contributed by atoms with van der Waals surface area (Å²) in [6.07, 6.45) is 1.62. The molecule has 0 aliphatic rings. The van der Waals surface area contributed by atoms with Crippen LogP contribution in [0.1, 0.15) is 0 Å². The topological polar surface area (TPSA) is 84.6 Å². The first-order valence-corrected chi connectivity index (χ1v) is 3.38. The maximum Gasteiger partial charge on any atom is 0.211 e. The maximum atomic E-state index is 4.50. The summed E-state index contributed by atoms with van der Waals surface area (Å²) in [6, 6.07) is 9.94. The third-order valence-corrected chi connectivity index (χ3v) is 1.23. The molecular formula is C8H13BNO3. The molecule has 0 unspecified atom stereocenters. The van der Waals surface area contributed by atoms with Crippen LogP contribution in [-0.2, 0) is 4.84 Å². The van der Waals surface area contributed by atoms with Crippen LogP contribution in [-0.4, -0.2) is 31.5 Å². The summed E-state index contributed by atoms with van der Waals surface area (Å²) in [4.78, 5) is 4.50. The number of hydrogen-bond acceptors (Lipinski definition) is 2. The fraction of sp³-hybridized carbons (Fsp3) is 0.125. The summed E-state index contributed by atoms with van der Waals surface area (Å²) >= 11 is 0. The monoisotopic (exact) mass is 182 g/mol. The summed E-state index contributed by atoms with van der Waals surface area (Å²) in [7, 11) is 3.40. The number of rotatable bonds is 3. The Bertz CT molecular complexity index is 228. The van der Waals surface area contributed by atoms with Crippen molar-refractivity contribution in [3.63, 3.8) is 0 Å². The van der Waals surface area contributed by atoms with Gasteiger partial charge in [-0.05, 0) is 0 Å². The number of hydrogen-bond donors (Lipinski definition) is 0. The highest BCUT2D eigenvalue weighted by Crippen LogP contribution is 1.79. The van der Waals surface area contributed by atoms with Gasteiger partial charge in [0.2, 0.25) is 7.28 Å². The van der Waals surface area contributed by atoms with Gasteiger partial charge in [0.1, 0.15) is 7.11 Å². The van der Waals surface area contributed by atoms with Gasteiger partial charge in [-0.2, -0.15) is 0 Å². The maximum absolute atomic E-state index is 4.50. The summed E-state index contributed by atoms with van der Waals surface area (Å²) in [5.41, 5.74) is 1.12. The molecule has 4 nitrogen and oxygen atoms in total. The molecule has 0 bridgehead atoms. The van der Waals surface area contributed by atoms with Gasteiger partial charge in [-0.15, -0.1) is 5.16 Å². The van der Waals surface area contributed by atoms with Gasteiger partial charge in [0.15, 0.2) is 0 Å². The zero-order valence-corrected chi connectivity index (χ0v) is 7.40. The third kappa shape index (κ3) is 5.89. The van der Waals surface area contributed by atoms with E-state index in [0.717, 1.165) is 5.46 Å². The van der Waals surface area contributed by atoms with Crippen LogP contribution in [0.5, 0.6) is 0 Å². The smallest absolute Gasteiger partial charge is 0.211 e. The molecule has 0 heterocycles. The van der Waals surface area contributed by atoms with Gasteiger partial charge in [0.05, 0.1) is 0 Å². The highest BCUT2D eigenvalue weighted by atomic mass is 16.6. The second-order valence-corrected chi connectivity index (χ2v) is 2.01. The summed E-state index contributed by atoms with van der Waals surface area (Å²) in [5.74, 6) is 0. The minimum atomic E-state index is 0. The molecule has 0 fully saturated rings. The Kier molecular flexibility index (Phi) is 9.59. The van der Waals surface area contributed by atoms with E-state index in [4.69, 9.17) is 0 Å². The number of oxime groups is 1. The standard InChI is InChI=1S/C8H9BNO.2H2O/c1-11-10-7-9-8-5-3-2-4-6-8;;/h2-7H,1H3;2*1H2. The van der Waals surface area contributed by atoms with E-state index in [1.165, 1.54) is 7.11 Å². The van der Waals surface area contributed by atoms with E-state index in [1.807, 2.05) is 37.6 Å². The fourth-order valence-corrected chi connectivity index (χ4v) is 0.742. The molecule has 13 heavy (non-hydrogen) atoms. The molecule has 1 radical (unpaired) electrons. The summed E-state index contributed by atoms with van der Waals surface area (Å²) in [5, 5.41) is 3.59. The van der Waals surface area contributed by atoms with Crippen molar-refractivity contribution in [2.45, 2.75) is 0 Å². The molecule has 71 valence electrons. The van der Waals surface area contributed by atoms with Crippen LogP contribution >= 0.6 is 0 Å².